The van der Waals surface area contributed by atoms with Crippen molar-refractivity contribution < 1.29 is 48.7 Å². The lowest BCUT2D eigenvalue weighted by atomic mass is 9.96. The quantitative estimate of drug-likeness (QED) is 0.583. The van der Waals surface area contributed by atoms with Gasteiger partial charge in [0.1, 0.15) is 5.82 Å². The first-order valence-electron chi connectivity index (χ1n) is 5.17. The minimum absolute atomic E-state index is 0.243. The summed E-state index contributed by atoms with van der Waals surface area (Å²) in [5.41, 5.74) is -1.36. The second-order valence-electron chi connectivity index (χ2n) is 4.06. The van der Waals surface area contributed by atoms with Gasteiger partial charge in [-0.05, 0) is 24.3 Å². The Bertz CT molecular complexity index is 557. The number of benzene rings is 1. The number of ketones is 1. The lowest BCUT2D eigenvalue weighted by molar-refractivity contribution is -0.386. The topological polar surface area (TPSA) is 17.1 Å². The van der Waals surface area contributed by atoms with E-state index >= 15 is 0 Å². The van der Waals surface area contributed by atoms with E-state index in [0.29, 0.717) is 12.1 Å². The van der Waals surface area contributed by atoms with E-state index in [1.54, 1.807) is 0 Å². The lowest BCUT2D eigenvalue weighted by Gasteiger charge is -2.32. The Morgan fingerprint density at radius 2 is 1.14 bits per heavy atom. The third-order valence-corrected chi connectivity index (χ3v) is 2.54. The van der Waals surface area contributed by atoms with Crippen molar-refractivity contribution in [3.8, 4) is 0 Å². The van der Waals surface area contributed by atoms with Gasteiger partial charge in [-0.15, -0.1) is 0 Å². The van der Waals surface area contributed by atoms with Crippen molar-refractivity contribution in [2.45, 2.75) is 23.9 Å². The first-order valence-corrected chi connectivity index (χ1v) is 5.17. The number of hydrogen-bond acceptors (Lipinski definition) is 1. The molecule has 0 bridgehead atoms. The summed E-state index contributed by atoms with van der Waals surface area (Å²) in [6, 6.07) is 1.22. The van der Waals surface area contributed by atoms with Gasteiger partial charge >= 0.3 is 23.9 Å². The van der Waals surface area contributed by atoms with E-state index in [1.807, 2.05) is 0 Å². The van der Waals surface area contributed by atoms with E-state index < -0.39 is 41.1 Å². The second-order valence-corrected chi connectivity index (χ2v) is 4.06. The number of halogens is 10. The van der Waals surface area contributed by atoms with Crippen molar-refractivity contribution in [2.75, 3.05) is 0 Å². The van der Waals surface area contributed by atoms with E-state index in [4.69, 9.17) is 0 Å². The fourth-order valence-corrected chi connectivity index (χ4v) is 1.30. The maximum absolute atomic E-state index is 13.2. The minimum atomic E-state index is -7.15. The summed E-state index contributed by atoms with van der Waals surface area (Å²) in [6.07, 6.45) is -7.01. The summed E-state index contributed by atoms with van der Waals surface area (Å²) in [4.78, 5) is 11.1. The van der Waals surface area contributed by atoms with Crippen molar-refractivity contribution >= 4 is 5.78 Å². The Balaban J connectivity index is 3.32. The molecule has 0 saturated heterocycles. The first-order chi connectivity index (χ1) is 9.66. The molecule has 0 aliphatic rings. The lowest BCUT2D eigenvalue weighted by Crippen LogP contribution is -2.63. The Kier molecular flexibility index (Phi) is 4.25. The predicted octanol–water partition coefficient (Wildman–Crippen LogP) is 4.48. The highest BCUT2D eigenvalue weighted by Gasteiger charge is 2.83. The van der Waals surface area contributed by atoms with Gasteiger partial charge in [-0.3, -0.25) is 4.79 Å². The molecule has 1 aromatic rings. The zero-order chi connectivity index (χ0) is 17.6. The van der Waals surface area contributed by atoms with Crippen LogP contribution in [0.25, 0.3) is 0 Å². The van der Waals surface area contributed by atoms with Crippen LogP contribution in [-0.2, 0) is 0 Å². The third kappa shape index (κ3) is 2.63. The first kappa shape index (κ1) is 18.2. The summed E-state index contributed by atoms with van der Waals surface area (Å²) in [7, 11) is 0. The highest BCUT2D eigenvalue weighted by atomic mass is 19.4. The van der Waals surface area contributed by atoms with Crippen molar-refractivity contribution in [1.82, 2.24) is 0 Å². The van der Waals surface area contributed by atoms with Crippen molar-refractivity contribution in [1.29, 1.82) is 0 Å². The fourth-order valence-electron chi connectivity index (χ4n) is 1.30. The SMILES string of the molecule is O=C(c1ccc(F)cc1)C(F)(F)C(F)(F)C(F)(F)C(F)(F)F. The summed E-state index contributed by atoms with van der Waals surface area (Å²) in [5.74, 6) is -24.6. The van der Waals surface area contributed by atoms with Crippen LogP contribution in [0.4, 0.5) is 43.9 Å². The molecule has 11 heteroatoms. The average Bonchev–Trinajstić information content (AvgIpc) is 2.37. The standard InChI is InChI=1S/C11H4F10O/c12-6-3-1-5(2-4-6)7(22)8(13,14)9(15,16)10(17,18)11(19,20)21/h1-4H. The van der Waals surface area contributed by atoms with Crippen LogP contribution in [0.15, 0.2) is 24.3 Å². The van der Waals surface area contributed by atoms with Gasteiger partial charge in [-0.2, -0.15) is 39.5 Å². The molecule has 0 radical (unpaired) electrons. The number of alkyl halides is 9. The summed E-state index contributed by atoms with van der Waals surface area (Å²) in [6.45, 7) is 0. The van der Waals surface area contributed by atoms with E-state index in [0.717, 1.165) is 0 Å². The fraction of sp³-hybridized carbons (Fsp3) is 0.364. The van der Waals surface area contributed by atoms with Crippen LogP contribution in [0.3, 0.4) is 0 Å². The van der Waals surface area contributed by atoms with Gasteiger partial charge in [-0.1, -0.05) is 0 Å². The molecule has 0 unspecified atom stereocenters. The zero-order valence-electron chi connectivity index (χ0n) is 10.00. The normalized spacial score (nSPS) is 14.1. The predicted molar refractivity (Wildman–Crippen MR) is 51.6 cm³/mol. The van der Waals surface area contributed by atoms with Gasteiger partial charge in [0.2, 0.25) is 5.78 Å². The Morgan fingerprint density at radius 3 is 1.50 bits per heavy atom. The minimum Gasteiger partial charge on any atom is -0.287 e. The van der Waals surface area contributed by atoms with Gasteiger partial charge in [-0.25, -0.2) is 4.39 Å². The highest BCUT2D eigenvalue weighted by molar-refractivity contribution is 6.02. The van der Waals surface area contributed by atoms with E-state index in [9.17, 15) is 48.7 Å². The van der Waals surface area contributed by atoms with Crippen LogP contribution < -0.4 is 0 Å². The van der Waals surface area contributed by atoms with E-state index in [2.05, 4.69) is 0 Å². The Morgan fingerprint density at radius 1 is 0.727 bits per heavy atom. The molecule has 0 N–H and O–H groups in total. The highest BCUT2D eigenvalue weighted by Crippen LogP contribution is 2.53. The number of hydrogen-bond donors (Lipinski definition) is 0. The molecule has 0 spiro atoms. The molecule has 0 aliphatic heterocycles. The number of rotatable bonds is 4. The molecule has 1 aromatic carbocycles. The zero-order valence-corrected chi connectivity index (χ0v) is 10.00. The van der Waals surface area contributed by atoms with Gasteiger partial charge in [0, 0.05) is 5.56 Å². The van der Waals surface area contributed by atoms with Crippen LogP contribution in [0.1, 0.15) is 10.4 Å². The smallest absolute Gasteiger partial charge is 0.287 e. The molecule has 0 amide bonds. The van der Waals surface area contributed by atoms with Crippen molar-refractivity contribution in [3.63, 3.8) is 0 Å². The van der Waals surface area contributed by atoms with Crippen molar-refractivity contribution in [2.24, 2.45) is 0 Å². The largest absolute Gasteiger partial charge is 0.460 e. The van der Waals surface area contributed by atoms with Gasteiger partial charge in [0.25, 0.3) is 0 Å². The number of carbonyl (C=O) groups is 1. The monoisotopic (exact) mass is 342 g/mol. The Hall–Kier alpha value is -1.81. The van der Waals surface area contributed by atoms with Gasteiger partial charge < -0.3 is 0 Å². The molecular weight excluding hydrogens is 338 g/mol. The van der Waals surface area contributed by atoms with Crippen LogP contribution in [0, 0.1) is 5.82 Å². The maximum atomic E-state index is 13.2. The van der Waals surface area contributed by atoms with E-state index in [1.165, 1.54) is 0 Å². The van der Waals surface area contributed by atoms with Crippen LogP contribution in [0.2, 0.25) is 0 Å². The van der Waals surface area contributed by atoms with Crippen LogP contribution in [0.5, 0.6) is 0 Å². The molecule has 1 rings (SSSR count). The molecule has 22 heavy (non-hydrogen) atoms. The molecule has 0 fully saturated rings. The molecule has 0 saturated carbocycles. The average molecular weight is 342 g/mol. The van der Waals surface area contributed by atoms with Crippen molar-refractivity contribution in [3.05, 3.63) is 35.6 Å². The summed E-state index contributed by atoms with van der Waals surface area (Å²) < 4.78 is 126. The number of carbonyl (C=O) groups excluding carboxylic acids is 1. The van der Waals surface area contributed by atoms with E-state index in [-0.39, 0.29) is 12.1 Å². The number of Topliss-reactive ketones (excluding diaryl/α,β-unsaturated/α-hetero) is 1. The molecular formula is C11H4F10O. The summed E-state index contributed by atoms with van der Waals surface area (Å²) in [5, 5.41) is 0. The molecule has 124 valence electrons. The molecule has 1 nitrogen and oxygen atoms in total. The molecule has 0 aliphatic carbocycles. The Labute approximate surface area is 115 Å². The van der Waals surface area contributed by atoms with Crippen LogP contribution in [-0.4, -0.2) is 29.7 Å². The van der Waals surface area contributed by atoms with Crippen LogP contribution >= 0.6 is 0 Å². The molecule has 0 atom stereocenters. The van der Waals surface area contributed by atoms with Gasteiger partial charge in [0.15, 0.2) is 0 Å². The summed E-state index contributed by atoms with van der Waals surface area (Å²) >= 11 is 0. The molecule has 0 heterocycles. The van der Waals surface area contributed by atoms with Gasteiger partial charge in [0.05, 0.1) is 0 Å². The second kappa shape index (κ2) is 5.13. The third-order valence-electron chi connectivity index (χ3n) is 2.54. The maximum Gasteiger partial charge on any atom is 0.460 e. The molecule has 0 aromatic heterocycles.